The highest BCUT2D eigenvalue weighted by molar-refractivity contribution is 6.46. The Labute approximate surface area is 193 Å². The van der Waals surface area contributed by atoms with E-state index < -0.39 is 0 Å². The number of nitrogens with zero attached hydrogens (tertiary/aromatic N) is 2. The van der Waals surface area contributed by atoms with Crippen LogP contribution < -0.4 is 15.1 Å². The normalized spacial score (nSPS) is 13.5. The Hall–Kier alpha value is -4.19. The summed E-state index contributed by atoms with van der Waals surface area (Å²) in [4.78, 5) is 42.0. The van der Waals surface area contributed by atoms with Crippen LogP contribution >= 0.6 is 0 Å². The van der Waals surface area contributed by atoms with E-state index in [1.54, 1.807) is 30.3 Å². The average Bonchev–Trinajstić information content (AvgIpc) is 3.06. The van der Waals surface area contributed by atoms with Gasteiger partial charge in [0.2, 0.25) is 5.91 Å². The minimum Gasteiger partial charge on any atom is -0.337 e. The SMILES string of the molecule is CCN(C1=C(c2ccc(NC(C)=O)cc2)C(=O)N(c2ccccc2C)C1=O)c1ccccc1. The standard InChI is InChI=1S/C27H25N3O3/c1-4-29(22-11-6-5-7-12-22)25-24(20-14-16-21(17-15-20)28-19(3)31)26(32)30(27(25)33)23-13-9-8-10-18(23)2/h5-17H,4H2,1-3H3,(H,28,31). The molecule has 0 radical (unpaired) electrons. The molecule has 1 aliphatic rings. The second kappa shape index (κ2) is 9.12. The lowest BCUT2D eigenvalue weighted by Gasteiger charge is -2.25. The number of carbonyl (C=O) groups is 3. The van der Waals surface area contributed by atoms with Gasteiger partial charge in [0.1, 0.15) is 5.70 Å². The lowest BCUT2D eigenvalue weighted by atomic mass is 10.0. The predicted octanol–water partition coefficient (Wildman–Crippen LogP) is 4.76. The molecule has 166 valence electrons. The second-order valence-electron chi connectivity index (χ2n) is 7.79. The van der Waals surface area contributed by atoms with Crippen molar-refractivity contribution in [3.63, 3.8) is 0 Å². The molecule has 1 heterocycles. The number of hydrogen-bond donors (Lipinski definition) is 1. The van der Waals surface area contributed by atoms with Crippen molar-refractivity contribution in [1.29, 1.82) is 0 Å². The number of carbonyl (C=O) groups excluding carboxylic acids is 3. The molecule has 0 unspecified atom stereocenters. The van der Waals surface area contributed by atoms with E-state index in [-0.39, 0.29) is 17.7 Å². The van der Waals surface area contributed by atoms with Gasteiger partial charge in [0.15, 0.2) is 0 Å². The fourth-order valence-corrected chi connectivity index (χ4v) is 4.06. The van der Waals surface area contributed by atoms with Crippen LogP contribution in [0.4, 0.5) is 17.1 Å². The first-order valence-electron chi connectivity index (χ1n) is 10.8. The first kappa shape index (κ1) is 22.0. The van der Waals surface area contributed by atoms with Crippen LogP contribution in [0.1, 0.15) is 25.0 Å². The highest BCUT2D eigenvalue weighted by Crippen LogP contribution is 2.37. The van der Waals surface area contributed by atoms with Crippen LogP contribution in [0.5, 0.6) is 0 Å². The molecular formula is C27H25N3O3. The third-order valence-corrected chi connectivity index (χ3v) is 5.56. The highest BCUT2D eigenvalue weighted by Gasteiger charge is 2.43. The molecule has 0 atom stereocenters. The van der Waals surface area contributed by atoms with Gasteiger partial charge in [-0.1, -0.05) is 48.5 Å². The molecule has 0 spiro atoms. The molecule has 0 aliphatic carbocycles. The van der Waals surface area contributed by atoms with E-state index in [1.165, 1.54) is 11.8 Å². The minimum absolute atomic E-state index is 0.179. The van der Waals surface area contributed by atoms with Gasteiger partial charge in [-0.15, -0.1) is 0 Å². The number of nitrogens with one attached hydrogen (secondary N) is 1. The summed E-state index contributed by atoms with van der Waals surface area (Å²) in [6, 6.07) is 23.9. The molecule has 6 nitrogen and oxygen atoms in total. The maximum atomic E-state index is 13.8. The number of para-hydroxylation sites is 2. The molecule has 3 aromatic carbocycles. The Morgan fingerprint density at radius 1 is 0.879 bits per heavy atom. The molecule has 1 N–H and O–H groups in total. The zero-order valence-electron chi connectivity index (χ0n) is 18.8. The quantitative estimate of drug-likeness (QED) is 0.562. The predicted molar refractivity (Wildman–Crippen MR) is 131 cm³/mol. The van der Waals surface area contributed by atoms with E-state index in [0.29, 0.717) is 34.8 Å². The van der Waals surface area contributed by atoms with Gasteiger partial charge in [-0.2, -0.15) is 0 Å². The molecule has 1 aliphatic heterocycles. The fraction of sp³-hybridized carbons (Fsp3) is 0.148. The summed E-state index contributed by atoms with van der Waals surface area (Å²) >= 11 is 0. The number of imide groups is 1. The van der Waals surface area contributed by atoms with Crippen LogP contribution in [0.15, 0.2) is 84.6 Å². The summed E-state index contributed by atoms with van der Waals surface area (Å²) in [7, 11) is 0. The van der Waals surface area contributed by atoms with Gasteiger partial charge in [0, 0.05) is 24.8 Å². The smallest absolute Gasteiger partial charge is 0.282 e. The summed E-state index contributed by atoms with van der Waals surface area (Å²) in [5, 5.41) is 2.73. The summed E-state index contributed by atoms with van der Waals surface area (Å²) in [6.45, 7) is 5.77. The molecule has 4 rings (SSSR count). The van der Waals surface area contributed by atoms with Crippen molar-refractivity contribution < 1.29 is 14.4 Å². The van der Waals surface area contributed by atoms with Crippen molar-refractivity contribution in [2.24, 2.45) is 0 Å². The molecule has 3 amide bonds. The zero-order chi connectivity index (χ0) is 23.5. The van der Waals surface area contributed by atoms with Crippen molar-refractivity contribution in [1.82, 2.24) is 0 Å². The minimum atomic E-state index is -0.369. The van der Waals surface area contributed by atoms with Gasteiger partial charge in [0.25, 0.3) is 11.8 Å². The second-order valence-corrected chi connectivity index (χ2v) is 7.79. The summed E-state index contributed by atoms with van der Waals surface area (Å²) in [5.41, 5.74) is 4.14. The van der Waals surface area contributed by atoms with Crippen LogP contribution in [0.2, 0.25) is 0 Å². The molecule has 33 heavy (non-hydrogen) atoms. The van der Waals surface area contributed by atoms with E-state index in [1.807, 2.05) is 67.3 Å². The van der Waals surface area contributed by atoms with Crippen molar-refractivity contribution >= 4 is 40.4 Å². The van der Waals surface area contributed by atoms with Crippen LogP contribution in [0, 0.1) is 6.92 Å². The van der Waals surface area contributed by atoms with Gasteiger partial charge in [0.05, 0.1) is 11.3 Å². The molecular weight excluding hydrogens is 414 g/mol. The van der Waals surface area contributed by atoms with Crippen LogP contribution in [0.25, 0.3) is 5.57 Å². The number of amides is 3. The zero-order valence-corrected chi connectivity index (χ0v) is 18.8. The van der Waals surface area contributed by atoms with Crippen LogP contribution in [-0.2, 0) is 14.4 Å². The Balaban J connectivity index is 1.88. The summed E-state index contributed by atoms with van der Waals surface area (Å²) in [5.74, 6) is -0.909. The average molecular weight is 440 g/mol. The number of aryl methyl sites for hydroxylation is 1. The lowest BCUT2D eigenvalue weighted by molar-refractivity contribution is -0.120. The van der Waals surface area contributed by atoms with Crippen LogP contribution in [0.3, 0.4) is 0 Å². The topological polar surface area (TPSA) is 69.7 Å². The highest BCUT2D eigenvalue weighted by atomic mass is 16.2. The number of rotatable bonds is 6. The van der Waals surface area contributed by atoms with E-state index >= 15 is 0 Å². The van der Waals surface area contributed by atoms with Crippen molar-refractivity contribution in [2.75, 3.05) is 21.7 Å². The largest absolute Gasteiger partial charge is 0.337 e. The number of benzene rings is 3. The third-order valence-electron chi connectivity index (χ3n) is 5.56. The van der Waals surface area contributed by atoms with E-state index in [4.69, 9.17) is 0 Å². The number of likely N-dealkylation sites (N-methyl/N-ethyl adjacent to an activating group) is 1. The Kier molecular flexibility index (Phi) is 6.09. The fourth-order valence-electron chi connectivity index (χ4n) is 4.06. The molecule has 0 aromatic heterocycles. The maximum absolute atomic E-state index is 13.8. The van der Waals surface area contributed by atoms with Gasteiger partial charge in [-0.05, 0) is 55.3 Å². The first-order chi connectivity index (χ1) is 15.9. The molecule has 0 bridgehead atoms. The first-order valence-corrected chi connectivity index (χ1v) is 10.8. The van der Waals surface area contributed by atoms with Crippen molar-refractivity contribution in [2.45, 2.75) is 20.8 Å². The van der Waals surface area contributed by atoms with Gasteiger partial charge >= 0.3 is 0 Å². The Bertz CT molecular complexity index is 1250. The van der Waals surface area contributed by atoms with Gasteiger partial charge < -0.3 is 10.2 Å². The lowest BCUT2D eigenvalue weighted by Crippen LogP contribution is -2.35. The molecule has 6 heteroatoms. The Morgan fingerprint density at radius 2 is 1.52 bits per heavy atom. The van der Waals surface area contributed by atoms with Gasteiger partial charge in [-0.3, -0.25) is 14.4 Å². The van der Waals surface area contributed by atoms with E-state index in [0.717, 1.165) is 11.3 Å². The van der Waals surface area contributed by atoms with Crippen LogP contribution in [-0.4, -0.2) is 24.3 Å². The number of hydrogen-bond acceptors (Lipinski definition) is 4. The van der Waals surface area contributed by atoms with Crippen molar-refractivity contribution in [3.05, 3.63) is 95.7 Å². The van der Waals surface area contributed by atoms with E-state index in [2.05, 4.69) is 5.32 Å². The van der Waals surface area contributed by atoms with Gasteiger partial charge in [-0.25, -0.2) is 4.90 Å². The molecule has 0 saturated carbocycles. The molecule has 3 aromatic rings. The summed E-state index contributed by atoms with van der Waals surface area (Å²) < 4.78 is 0. The monoisotopic (exact) mass is 439 g/mol. The third kappa shape index (κ3) is 4.15. The van der Waals surface area contributed by atoms with Crippen molar-refractivity contribution in [3.8, 4) is 0 Å². The molecule has 0 saturated heterocycles. The van der Waals surface area contributed by atoms with E-state index in [9.17, 15) is 14.4 Å². The summed E-state index contributed by atoms with van der Waals surface area (Å²) in [6.07, 6.45) is 0. The Morgan fingerprint density at radius 3 is 2.12 bits per heavy atom. The number of anilines is 3. The molecule has 0 fully saturated rings. The maximum Gasteiger partial charge on any atom is 0.282 e.